The second kappa shape index (κ2) is 6.96. The van der Waals surface area contributed by atoms with Crippen molar-refractivity contribution < 1.29 is 9.90 Å². The lowest BCUT2D eigenvalue weighted by Gasteiger charge is -2.23. The van der Waals surface area contributed by atoms with Gasteiger partial charge >= 0.3 is 6.03 Å². The van der Waals surface area contributed by atoms with Gasteiger partial charge in [0.2, 0.25) is 0 Å². The average molecular weight is 313 g/mol. The van der Waals surface area contributed by atoms with Crippen LogP contribution in [0.2, 0.25) is 0 Å². The van der Waals surface area contributed by atoms with Gasteiger partial charge in [-0.2, -0.15) is 0 Å². The van der Waals surface area contributed by atoms with E-state index in [2.05, 4.69) is 10.3 Å². The monoisotopic (exact) mass is 313 g/mol. The molecule has 3 rings (SSSR count). The topological polar surface area (TPSA) is 65.5 Å². The molecule has 2 aromatic rings. The van der Waals surface area contributed by atoms with Gasteiger partial charge in [0, 0.05) is 37.6 Å². The highest BCUT2D eigenvalue weighted by Crippen LogP contribution is 2.26. The second-order valence-corrected chi connectivity index (χ2v) is 6.28. The largest absolute Gasteiger partial charge is 0.393 e. The van der Waals surface area contributed by atoms with Gasteiger partial charge in [-0.15, -0.1) is 0 Å². The van der Waals surface area contributed by atoms with E-state index < -0.39 is 0 Å². The maximum Gasteiger partial charge on any atom is 0.317 e. The first-order chi connectivity index (χ1) is 11.1. The number of hydrogen-bond acceptors (Lipinski definition) is 3. The maximum absolute atomic E-state index is 12.3. The fourth-order valence-corrected chi connectivity index (χ4v) is 3.28. The van der Waals surface area contributed by atoms with Gasteiger partial charge in [0.25, 0.3) is 0 Å². The third-order valence-corrected chi connectivity index (χ3v) is 4.64. The minimum atomic E-state index is -0.269. The molecule has 2 unspecified atom stereocenters. The molecule has 1 fully saturated rings. The molecule has 2 atom stereocenters. The predicted octanol–water partition coefficient (Wildman–Crippen LogP) is 2.54. The molecule has 1 aromatic carbocycles. The third-order valence-electron chi connectivity index (χ3n) is 4.64. The number of benzene rings is 1. The van der Waals surface area contributed by atoms with E-state index in [0.29, 0.717) is 13.1 Å². The highest BCUT2D eigenvalue weighted by atomic mass is 16.3. The van der Waals surface area contributed by atoms with Crippen LogP contribution in [0.15, 0.2) is 36.5 Å². The number of aromatic nitrogens is 1. The quantitative estimate of drug-likeness (QED) is 0.911. The summed E-state index contributed by atoms with van der Waals surface area (Å²) in [7, 11) is 1.78. The number of urea groups is 1. The molecule has 5 heteroatoms. The van der Waals surface area contributed by atoms with E-state index in [-0.39, 0.29) is 18.1 Å². The minimum absolute atomic E-state index is 0.106. The summed E-state index contributed by atoms with van der Waals surface area (Å²) in [5.41, 5.74) is 1.99. The second-order valence-electron chi connectivity index (χ2n) is 6.28. The molecule has 0 radical (unpaired) electrons. The molecule has 0 aliphatic heterocycles. The van der Waals surface area contributed by atoms with Gasteiger partial charge in [-0.05, 0) is 30.5 Å². The van der Waals surface area contributed by atoms with Crippen LogP contribution in [0.1, 0.15) is 24.8 Å². The Balaban J connectivity index is 1.59. The van der Waals surface area contributed by atoms with E-state index in [9.17, 15) is 9.90 Å². The van der Waals surface area contributed by atoms with Crippen LogP contribution in [0, 0.1) is 5.92 Å². The lowest BCUT2D eigenvalue weighted by atomic mass is 10.1. The zero-order valence-electron chi connectivity index (χ0n) is 13.4. The molecule has 23 heavy (non-hydrogen) atoms. The van der Waals surface area contributed by atoms with E-state index in [0.717, 1.165) is 35.7 Å². The number of amides is 2. The van der Waals surface area contributed by atoms with Crippen LogP contribution in [0.5, 0.6) is 0 Å². The van der Waals surface area contributed by atoms with Gasteiger partial charge in [-0.1, -0.05) is 24.6 Å². The Bertz CT molecular complexity index is 684. The Morgan fingerprint density at radius 1 is 1.35 bits per heavy atom. The summed E-state index contributed by atoms with van der Waals surface area (Å²) in [6, 6.07) is 9.74. The van der Waals surface area contributed by atoms with Crippen LogP contribution < -0.4 is 5.32 Å². The van der Waals surface area contributed by atoms with Gasteiger partial charge in [0.05, 0.1) is 11.6 Å². The predicted molar refractivity (Wildman–Crippen MR) is 90.0 cm³/mol. The Morgan fingerprint density at radius 2 is 2.17 bits per heavy atom. The molecule has 0 saturated heterocycles. The summed E-state index contributed by atoms with van der Waals surface area (Å²) in [4.78, 5) is 18.3. The number of pyridine rings is 1. The van der Waals surface area contributed by atoms with Gasteiger partial charge in [0.1, 0.15) is 0 Å². The van der Waals surface area contributed by atoms with E-state index in [1.807, 2.05) is 30.3 Å². The van der Waals surface area contributed by atoms with Crippen molar-refractivity contribution in [2.45, 2.75) is 31.9 Å². The van der Waals surface area contributed by atoms with Crippen LogP contribution >= 0.6 is 0 Å². The number of rotatable bonds is 4. The average Bonchev–Trinajstić information content (AvgIpc) is 2.97. The number of carbonyl (C=O) groups is 1. The molecule has 5 nitrogen and oxygen atoms in total. The molecular formula is C18H23N3O2. The molecule has 1 aromatic heterocycles. The van der Waals surface area contributed by atoms with Crippen LogP contribution in [0.4, 0.5) is 4.79 Å². The summed E-state index contributed by atoms with van der Waals surface area (Å²) < 4.78 is 0. The van der Waals surface area contributed by atoms with Gasteiger partial charge < -0.3 is 15.3 Å². The Morgan fingerprint density at radius 3 is 2.96 bits per heavy atom. The lowest BCUT2D eigenvalue weighted by Crippen LogP contribution is -2.40. The summed E-state index contributed by atoms with van der Waals surface area (Å²) in [6.07, 6.45) is 4.39. The van der Waals surface area contributed by atoms with Crippen molar-refractivity contribution in [1.29, 1.82) is 0 Å². The first-order valence-corrected chi connectivity index (χ1v) is 8.15. The lowest BCUT2D eigenvalue weighted by molar-refractivity contribution is 0.114. The number of aliphatic hydroxyl groups is 1. The van der Waals surface area contributed by atoms with Gasteiger partial charge in [0.15, 0.2) is 0 Å². The van der Waals surface area contributed by atoms with Gasteiger partial charge in [-0.25, -0.2) is 4.79 Å². The highest BCUT2D eigenvalue weighted by molar-refractivity contribution is 5.82. The molecule has 2 N–H and O–H groups in total. The number of aliphatic hydroxyl groups excluding tert-OH is 1. The minimum Gasteiger partial charge on any atom is -0.393 e. The molecule has 1 heterocycles. The Hall–Kier alpha value is -2.14. The van der Waals surface area contributed by atoms with E-state index >= 15 is 0 Å². The highest BCUT2D eigenvalue weighted by Gasteiger charge is 2.27. The summed E-state index contributed by atoms with van der Waals surface area (Å²) in [5.74, 6) is 0.201. The zero-order valence-corrected chi connectivity index (χ0v) is 13.4. The fourth-order valence-electron chi connectivity index (χ4n) is 3.28. The van der Waals surface area contributed by atoms with E-state index in [1.165, 1.54) is 0 Å². The van der Waals surface area contributed by atoms with Crippen LogP contribution in [0.25, 0.3) is 10.9 Å². The molecular weight excluding hydrogens is 290 g/mol. The van der Waals surface area contributed by atoms with Crippen LogP contribution in [-0.4, -0.2) is 40.7 Å². The molecule has 0 spiro atoms. The maximum atomic E-state index is 12.3. The summed E-state index contributed by atoms with van der Waals surface area (Å²) in [6.45, 7) is 1.07. The van der Waals surface area contributed by atoms with Crippen molar-refractivity contribution in [3.63, 3.8) is 0 Å². The number of nitrogens with one attached hydrogen (secondary N) is 1. The van der Waals surface area contributed by atoms with Crippen molar-refractivity contribution in [3.05, 3.63) is 42.1 Å². The van der Waals surface area contributed by atoms with E-state index in [4.69, 9.17) is 0 Å². The van der Waals surface area contributed by atoms with Crippen LogP contribution in [-0.2, 0) is 6.54 Å². The number of nitrogens with zero attached hydrogens (tertiary/aromatic N) is 2. The first kappa shape index (κ1) is 15.7. The standard InChI is InChI=1S/C18H23N3O2/c1-21(12-14-5-4-8-17(14)22)18(23)20-11-13-9-10-19-16-7-3-2-6-15(13)16/h2-3,6-7,9-10,14,17,22H,4-5,8,11-12H2,1H3,(H,20,23). The zero-order chi connectivity index (χ0) is 16.2. The van der Waals surface area contributed by atoms with Gasteiger partial charge in [-0.3, -0.25) is 4.98 Å². The van der Waals surface area contributed by atoms with Crippen molar-refractivity contribution in [2.24, 2.45) is 5.92 Å². The summed E-state index contributed by atoms with van der Waals surface area (Å²) in [5, 5.41) is 13.9. The Kier molecular flexibility index (Phi) is 4.76. The number of hydrogen-bond donors (Lipinski definition) is 2. The molecule has 0 bridgehead atoms. The third kappa shape index (κ3) is 3.62. The van der Waals surface area contributed by atoms with Crippen molar-refractivity contribution >= 4 is 16.9 Å². The van der Waals surface area contributed by atoms with Crippen LogP contribution in [0.3, 0.4) is 0 Å². The molecule has 122 valence electrons. The number of para-hydroxylation sites is 1. The number of carbonyl (C=O) groups excluding carboxylic acids is 1. The molecule has 1 aliphatic carbocycles. The van der Waals surface area contributed by atoms with E-state index in [1.54, 1.807) is 18.1 Å². The van der Waals surface area contributed by atoms with Crippen molar-refractivity contribution in [2.75, 3.05) is 13.6 Å². The Labute approximate surface area is 136 Å². The smallest absolute Gasteiger partial charge is 0.317 e. The molecule has 1 saturated carbocycles. The summed E-state index contributed by atoms with van der Waals surface area (Å²) >= 11 is 0. The van der Waals surface area contributed by atoms with Crippen molar-refractivity contribution in [3.8, 4) is 0 Å². The number of fused-ring (bicyclic) bond motifs is 1. The fraction of sp³-hybridized carbons (Fsp3) is 0.444. The SMILES string of the molecule is CN(CC1CCCC1O)C(=O)NCc1ccnc2ccccc12. The molecule has 1 aliphatic rings. The molecule has 2 amide bonds. The normalized spacial score (nSPS) is 20.6. The van der Waals surface area contributed by atoms with Crippen molar-refractivity contribution in [1.82, 2.24) is 15.2 Å². The first-order valence-electron chi connectivity index (χ1n) is 8.15.